The number of rotatable bonds is 6. The van der Waals surface area contributed by atoms with E-state index in [-0.39, 0.29) is 17.4 Å². The molecule has 4 heteroatoms. The van der Waals surface area contributed by atoms with Gasteiger partial charge in [0.2, 0.25) is 0 Å². The van der Waals surface area contributed by atoms with Gasteiger partial charge in [0.05, 0.1) is 11.9 Å². The lowest BCUT2D eigenvalue weighted by Gasteiger charge is -2.23. The molecule has 0 aromatic rings. The monoisotopic (exact) mass is 227 g/mol. The summed E-state index contributed by atoms with van der Waals surface area (Å²) in [7, 11) is 0. The maximum absolute atomic E-state index is 9.37. The Morgan fingerprint density at radius 2 is 2.19 bits per heavy atom. The summed E-state index contributed by atoms with van der Waals surface area (Å²) in [5.74, 6) is 0.282. The van der Waals surface area contributed by atoms with Gasteiger partial charge in [0, 0.05) is 18.5 Å². The molecular weight excluding hydrogens is 202 g/mol. The number of hydrogen-bond acceptors (Lipinski definition) is 3. The van der Waals surface area contributed by atoms with Gasteiger partial charge in [-0.05, 0) is 25.8 Å². The fourth-order valence-electron chi connectivity index (χ4n) is 2.05. The van der Waals surface area contributed by atoms with E-state index in [0.717, 1.165) is 45.3 Å². The van der Waals surface area contributed by atoms with Crippen LogP contribution < -0.4 is 5.73 Å². The zero-order valence-electron chi connectivity index (χ0n) is 10.5. The second-order valence-corrected chi connectivity index (χ2v) is 5.50. The van der Waals surface area contributed by atoms with E-state index in [1.54, 1.807) is 0 Å². The van der Waals surface area contributed by atoms with Crippen LogP contribution in [0.25, 0.3) is 0 Å². The summed E-state index contributed by atoms with van der Waals surface area (Å²) in [6.45, 7) is 6.96. The highest BCUT2D eigenvalue weighted by Gasteiger charge is 2.22. The SMILES string of the molecule is CC(C)(CCCCN1CCC(O)C1)C(=N)N. The molecule has 0 amide bonds. The summed E-state index contributed by atoms with van der Waals surface area (Å²) in [5.41, 5.74) is 5.37. The molecule has 0 aromatic heterocycles. The average Bonchev–Trinajstić information content (AvgIpc) is 2.59. The fourth-order valence-corrected chi connectivity index (χ4v) is 2.05. The van der Waals surface area contributed by atoms with Crippen LogP contribution >= 0.6 is 0 Å². The van der Waals surface area contributed by atoms with Crippen molar-refractivity contribution in [1.29, 1.82) is 5.41 Å². The Bertz CT molecular complexity index is 240. The van der Waals surface area contributed by atoms with Crippen molar-refractivity contribution in [1.82, 2.24) is 4.90 Å². The molecule has 0 bridgehead atoms. The second kappa shape index (κ2) is 5.64. The standard InChI is InChI=1S/C12H25N3O/c1-12(2,11(13)14)6-3-4-7-15-8-5-10(16)9-15/h10,16H,3-9H2,1-2H3,(H3,13,14). The Labute approximate surface area is 98.3 Å². The van der Waals surface area contributed by atoms with Crippen LogP contribution in [0, 0.1) is 10.8 Å². The lowest BCUT2D eigenvalue weighted by Crippen LogP contribution is -2.31. The van der Waals surface area contributed by atoms with E-state index in [1.807, 2.05) is 13.8 Å². The van der Waals surface area contributed by atoms with Crippen LogP contribution in [0.15, 0.2) is 0 Å². The second-order valence-electron chi connectivity index (χ2n) is 5.50. The molecule has 1 aliphatic heterocycles. The molecular formula is C12H25N3O. The third-order valence-corrected chi connectivity index (χ3v) is 3.50. The first-order valence-corrected chi connectivity index (χ1v) is 6.17. The Morgan fingerprint density at radius 3 is 2.69 bits per heavy atom. The predicted octanol–water partition coefficient (Wildman–Crippen LogP) is 1.19. The zero-order chi connectivity index (χ0) is 12.2. The normalized spacial score (nSPS) is 22.6. The van der Waals surface area contributed by atoms with Crippen molar-refractivity contribution >= 4 is 5.84 Å². The smallest absolute Gasteiger partial charge is 0.0963 e. The number of nitrogens with two attached hydrogens (primary N) is 1. The van der Waals surface area contributed by atoms with E-state index < -0.39 is 0 Å². The number of amidine groups is 1. The van der Waals surface area contributed by atoms with E-state index in [1.165, 1.54) is 0 Å². The lowest BCUT2D eigenvalue weighted by molar-refractivity contribution is 0.175. The molecule has 1 atom stereocenters. The highest BCUT2D eigenvalue weighted by Crippen LogP contribution is 2.23. The van der Waals surface area contributed by atoms with Crippen molar-refractivity contribution in [3.63, 3.8) is 0 Å². The number of aliphatic hydroxyl groups excluding tert-OH is 1. The van der Waals surface area contributed by atoms with Gasteiger partial charge in [-0.25, -0.2) is 0 Å². The molecule has 1 rings (SSSR count). The number of nitrogens with zero attached hydrogens (tertiary/aromatic N) is 1. The molecule has 1 saturated heterocycles. The molecule has 0 saturated carbocycles. The number of hydrogen-bond donors (Lipinski definition) is 3. The van der Waals surface area contributed by atoms with Gasteiger partial charge in [-0.2, -0.15) is 0 Å². The van der Waals surface area contributed by atoms with Gasteiger partial charge in [-0.15, -0.1) is 0 Å². The van der Waals surface area contributed by atoms with Gasteiger partial charge < -0.3 is 15.7 Å². The molecule has 4 N–H and O–H groups in total. The first kappa shape index (κ1) is 13.5. The summed E-state index contributed by atoms with van der Waals surface area (Å²) in [6.07, 6.45) is 3.99. The van der Waals surface area contributed by atoms with Crippen LogP contribution in [0.2, 0.25) is 0 Å². The van der Waals surface area contributed by atoms with Crippen molar-refractivity contribution in [3.8, 4) is 0 Å². The minimum atomic E-state index is -0.162. The summed E-state index contributed by atoms with van der Waals surface area (Å²) < 4.78 is 0. The van der Waals surface area contributed by atoms with Crippen LogP contribution in [0.4, 0.5) is 0 Å². The van der Waals surface area contributed by atoms with Gasteiger partial charge in [0.25, 0.3) is 0 Å². The lowest BCUT2D eigenvalue weighted by atomic mass is 9.86. The molecule has 1 fully saturated rings. The molecule has 94 valence electrons. The van der Waals surface area contributed by atoms with Gasteiger partial charge in [0.15, 0.2) is 0 Å². The summed E-state index contributed by atoms with van der Waals surface area (Å²) >= 11 is 0. The first-order valence-electron chi connectivity index (χ1n) is 6.17. The first-order chi connectivity index (χ1) is 7.42. The van der Waals surface area contributed by atoms with Gasteiger partial charge in [-0.1, -0.05) is 20.3 Å². The number of aliphatic hydroxyl groups is 1. The minimum Gasteiger partial charge on any atom is -0.392 e. The molecule has 1 aliphatic rings. The third kappa shape index (κ3) is 4.10. The van der Waals surface area contributed by atoms with Gasteiger partial charge in [-0.3, -0.25) is 5.41 Å². The average molecular weight is 227 g/mol. The van der Waals surface area contributed by atoms with Crippen molar-refractivity contribution in [3.05, 3.63) is 0 Å². The zero-order valence-corrected chi connectivity index (χ0v) is 10.5. The number of β-amino-alcohol motifs (C(OH)–C–C–N with tert-alkyl or cyclic N) is 1. The van der Waals surface area contributed by atoms with Crippen LogP contribution in [0.3, 0.4) is 0 Å². The van der Waals surface area contributed by atoms with E-state index >= 15 is 0 Å². The van der Waals surface area contributed by atoms with Crippen LogP contribution in [0.5, 0.6) is 0 Å². The maximum Gasteiger partial charge on any atom is 0.0963 e. The largest absolute Gasteiger partial charge is 0.392 e. The highest BCUT2D eigenvalue weighted by atomic mass is 16.3. The summed E-state index contributed by atoms with van der Waals surface area (Å²) in [5, 5.41) is 16.8. The summed E-state index contributed by atoms with van der Waals surface area (Å²) in [4.78, 5) is 2.31. The van der Waals surface area contributed by atoms with E-state index in [4.69, 9.17) is 11.1 Å². The quantitative estimate of drug-likeness (QED) is 0.362. The number of likely N-dealkylation sites (tertiary alicyclic amines) is 1. The minimum absolute atomic E-state index is 0.117. The van der Waals surface area contributed by atoms with E-state index in [0.29, 0.717) is 0 Å². The molecule has 0 aromatic carbocycles. The predicted molar refractivity (Wildman–Crippen MR) is 66.6 cm³/mol. The van der Waals surface area contributed by atoms with Crippen molar-refractivity contribution < 1.29 is 5.11 Å². The van der Waals surface area contributed by atoms with Crippen LogP contribution in [-0.2, 0) is 0 Å². The Hall–Kier alpha value is -0.610. The summed E-state index contributed by atoms with van der Waals surface area (Å²) in [6, 6.07) is 0. The number of nitrogens with one attached hydrogen (secondary N) is 1. The number of unbranched alkanes of at least 4 members (excludes halogenated alkanes) is 1. The van der Waals surface area contributed by atoms with Crippen molar-refractivity contribution in [2.75, 3.05) is 19.6 Å². The molecule has 0 spiro atoms. The fraction of sp³-hybridized carbons (Fsp3) is 0.917. The molecule has 4 nitrogen and oxygen atoms in total. The van der Waals surface area contributed by atoms with Gasteiger partial charge in [0.1, 0.15) is 0 Å². The van der Waals surface area contributed by atoms with Crippen molar-refractivity contribution in [2.24, 2.45) is 11.1 Å². The van der Waals surface area contributed by atoms with Gasteiger partial charge >= 0.3 is 0 Å². The topological polar surface area (TPSA) is 73.3 Å². The van der Waals surface area contributed by atoms with Crippen LogP contribution in [-0.4, -0.2) is 41.6 Å². The van der Waals surface area contributed by atoms with Crippen LogP contribution in [0.1, 0.15) is 39.5 Å². The Kier molecular flexibility index (Phi) is 4.74. The Balaban J connectivity index is 2.10. The van der Waals surface area contributed by atoms with E-state index in [9.17, 15) is 5.11 Å². The molecule has 1 unspecified atom stereocenters. The molecule has 0 aliphatic carbocycles. The molecule has 0 radical (unpaired) electrons. The van der Waals surface area contributed by atoms with E-state index in [2.05, 4.69) is 4.90 Å². The van der Waals surface area contributed by atoms with Crippen molar-refractivity contribution in [2.45, 2.75) is 45.6 Å². The third-order valence-electron chi connectivity index (χ3n) is 3.50. The Morgan fingerprint density at radius 1 is 1.50 bits per heavy atom. The molecule has 1 heterocycles. The maximum atomic E-state index is 9.37. The highest BCUT2D eigenvalue weighted by molar-refractivity contribution is 5.82. The molecule has 16 heavy (non-hydrogen) atoms.